The number of carbonyl (C=O) groups is 5. The van der Waals surface area contributed by atoms with Crippen LogP contribution in [0.4, 0.5) is 11.4 Å². The molecule has 0 aliphatic carbocycles. The third-order valence-electron chi connectivity index (χ3n) is 4.53. The van der Waals surface area contributed by atoms with Gasteiger partial charge in [0, 0.05) is 35.0 Å². The highest BCUT2D eigenvalue weighted by atomic mass is 35.5. The smallest absolute Gasteiger partial charge is 0.318 e. The average Bonchev–Trinajstić information content (AvgIpc) is 2.71. The van der Waals surface area contributed by atoms with Gasteiger partial charge in [-0.05, 0) is 24.3 Å². The maximum Gasteiger partial charge on any atom is 0.318 e. The van der Waals surface area contributed by atoms with Crippen molar-refractivity contribution in [1.82, 2.24) is 0 Å². The number of anilines is 2. The summed E-state index contributed by atoms with van der Waals surface area (Å²) in [6.45, 7) is 2.23. The van der Waals surface area contributed by atoms with Crippen LogP contribution in [0.3, 0.4) is 0 Å². The standard InChI is InChI=1S/C21H16Cl4N2O7/c1-7(28)26-17-11(24)5-3-9(22)13(17)15(20(31)32)19(30)16(21(33)34)14-10(23)4-6-12(25)18(14)27-8(2)29/h3-6,15-16H,1-2H3,(H,26,28)(H,27,29)(H,31,32)(H,33,34). The molecular formula is C21H16Cl4N2O7. The summed E-state index contributed by atoms with van der Waals surface area (Å²) in [6.07, 6.45) is 0. The number of hydrogen-bond acceptors (Lipinski definition) is 5. The van der Waals surface area contributed by atoms with Crippen LogP contribution in [0.1, 0.15) is 36.8 Å². The highest BCUT2D eigenvalue weighted by Gasteiger charge is 2.43. The van der Waals surface area contributed by atoms with Gasteiger partial charge in [0.05, 0.1) is 21.4 Å². The van der Waals surface area contributed by atoms with E-state index in [1.54, 1.807) is 0 Å². The molecule has 2 unspecified atom stereocenters. The van der Waals surface area contributed by atoms with Gasteiger partial charge in [0.15, 0.2) is 5.78 Å². The molecule has 0 heterocycles. The van der Waals surface area contributed by atoms with Crippen molar-refractivity contribution in [1.29, 1.82) is 0 Å². The summed E-state index contributed by atoms with van der Waals surface area (Å²) in [7, 11) is 0. The fourth-order valence-corrected chi connectivity index (χ4v) is 4.20. The lowest BCUT2D eigenvalue weighted by Gasteiger charge is -2.24. The number of hydrogen-bond donors (Lipinski definition) is 4. The van der Waals surface area contributed by atoms with Crippen LogP contribution in [-0.4, -0.2) is 39.7 Å². The van der Waals surface area contributed by atoms with Gasteiger partial charge in [0.25, 0.3) is 0 Å². The number of benzene rings is 2. The summed E-state index contributed by atoms with van der Waals surface area (Å²) in [5.74, 6) is -10.6. The number of rotatable bonds is 8. The number of carboxylic acids is 2. The largest absolute Gasteiger partial charge is 0.480 e. The maximum atomic E-state index is 13.5. The topological polar surface area (TPSA) is 150 Å². The molecule has 9 nitrogen and oxygen atoms in total. The van der Waals surface area contributed by atoms with Crippen molar-refractivity contribution in [3.8, 4) is 0 Å². The van der Waals surface area contributed by atoms with Crippen molar-refractivity contribution in [3.63, 3.8) is 0 Å². The normalized spacial score (nSPS) is 12.4. The lowest BCUT2D eigenvalue weighted by molar-refractivity contribution is -0.146. The molecule has 0 radical (unpaired) electrons. The number of halogens is 4. The Balaban J connectivity index is 2.84. The highest BCUT2D eigenvalue weighted by molar-refractivity contribution is 6.39. The first-order valence-electron chi connectivity index (χ1n) is 9.28. The summed E-state index contributed by atoms with van der Waals surface area (Å²) >= 11 is 24.6. The molecule has 2 aromatic rings. The van der Waals surface area contributed by atoms with Gasteiger partial charge in [0.2, 0.25) is 11.8 Å². The van der Waals surface area contributed by atoms with Gasteiger partial charge in [-0.15, -0.1) is 0 Å². The molecular weight excluding hydrogens is 534 g/mol. The molecule has 180 valence electrons. The van der Waals surface area contributed by atoms with Crippen LogP contribution in [0.5, 0.6) is 0 Å². The molecule has 0 saturated heterocycles. The molecule has 2 atom stereocenters. The van der Waals surface area contributed by atoms with Gasteiger partial charge in [-0.1, -0.05) is 46.4 Å². The fourth-order valence-electron chi connectivity index (χ4n) is 3.25. The number of amides is 2. The van der Waals surface area contributed by atoms with Crippen LogP contribution in [-0.2, 0) is 24.0 Å². The van der Waals surface area contributed by atoms with Crippen LogP contribution in [0.15, 0.2) is 24.3 Å². The van der Waals surface area contributed by atoms with E-state index >= 15 is 0 Å². The highest BCUT2D eigenvalue weighted by Crippen LogP contribution is 2.43. The molecule has 4 N–H and O–H groups in total. The van der Waals surface area contributed by atoms with E-state index < -0.39 is 52.5 Å². The summed E-state index contributed by atoms with van der Waals surface area (Å²) in [4.78, 5) is 61.4. The van der Waals surface area contributed by atoms with E-state index in [1.807, 2.05) is 0 Å². The van der Waals surface area contributed by atoms with Crippen LogP contribution in [0, 0.1) is 0 Å². The van der Waals surface area contributed by atoms with Crippen molar-refractivity contribution in [2.24, 2.45) is 0 Å². The van der Waals surface area contributed by atoms with Crippen LogP contribution >= 0.6 is 46.4 Å². The third kappa shape index (κ3) is 5.79. The Morgan fingerprint density at radius 1 is 0.647 bits per heavy atom. The van der Waals surface area contributed by atoms with Crippen molar-refractivity contribution in [3.05, 3.63) is 55.5 Å². The van der Waals surface area contributed by atoms with Gasteiger partial charge in [-0.2, -0.15) is 0 Å². The fraction of sp³-hybridized carbons (Fsp3) is 0.190. The predicted octanol–water partition coefficient (Wildman–Crippen LogP) is 4.82. The van der Waals surface area contributed by atoms with Crippen LogP contribution < -0.4 is 10.6 Å². The number of nitrogens with one attached hydrogen (secondary N) is 2. The Hall–Kier alpha value is -2.85. The zero-order valence-corrected chi connectivity index (χ0v) is 20.4. The predicted molar refractivity (Wildman–Crippen MR) is 127 cm³/mol. The van der Waals surface area contributed by atoms with E-state index in [0.29, 0.717) is 0 Å². The lowest BCUT2D eigenvalue weighted by Crippen LogP contribution is -2.33. The maximum absolute atomic E-state index is 13.5. The molecule has 0 fully saturated rings. The Labute approximate surface area is 212 Å². The zero-order chi connectivity index (χ0) is 25.9. The lowest BCUT2D eigenvalue weighted by atomic mass is 9.82. The molecule has 0 spiro atoms. The first kappa shape index (κ1) is 27.4. The number of Topliss-reactive ketones (excluding diaryl/α,β-unsaturated/α-hetero) is 1. The molecule has 2 aromatic carbocycles. The van der Waals surface area contributed by atoms with Crippen molar-refractivity contribution in [2.45, 2.75) is 25.7 Å². The van der Waals surface area contributed by atoms with E-state index in [2.05, 4.69) is 10.6 Å². The number of ketones is 1. The van der Waals surface area contributed by atoms with E-state index in [4.69, 9.17) is 46.4 Å². The summed E-state index contributed by atoms with van der Waals surface area (Å²) in [5, 5.41) is 23.7. The number of carboxylic acid groups (broad SMARTS) is 2. The summed E-state index contributed by atoms with van der Waals surface area (Å²) in [5.41, 5.74) is -1.39. The minimum atomic E-state index is -2.20. The first-order valence-corrected chi connectivity index (χ1v) is 10.8. The second kappa shape index (κ2) is 11.1. The van der Waals surface area contributed by atoms with Gasteiger partial charge < -0.3 is 20.8 Å². The Morgan fingerprint density at radius 3 is 1.21 bits per heavy atom. The van der Waals surface area contributed by atoms with Gasteiger partial charge in [-0.25, -0.2) is 0 Å². The second-order valence-electron chi connectivity index (χ2n) is 6.94. The van der Waals surface area contributed by atoms with E-state index in [9.17, 15) is 34.2 Å². The van der Waals surface area contributed by atoms with E-state index in [0.717, 1.165) is 13.8 Å². The SMILES string of the molecule is CC(=O)Nc1c(Cl)ccc(Cl)c1C(C(=O)O)C(=O)C(C(=O)O)c1c(Cl)ccc(Cl)c1NC(C)=O. The Bertz CT molecular complexity index is 1120. The van der Waals surface area contributed by atoms with Crippen molar-refractivity contribution in [2.75, 3.05) is 10.6 Å². The minimum absolute atomic E-state index is 0.139. The first-order chi connectivity index (χ1) is 15.8. The summed E-state index contributed by atoms with van der Waals surface area (Å²) < 4.78 is 0. The molecule has 2 amide bonds. The average molecular weight is 550 g/mol. The Kier molecular flexibility index (Phi) is 8.90. The molecule has 0 saturated carbocycles. The van der Waals surface area contributed by atoms with Crippen molar-refractivity contribution >= 4 is 87.3 Å². The molecule has 2 rings (SSSR count). The number of aliphatic carboxylic acids is 2. The van der Waals surface area contributed by atoms with Gasteiger partial charge in [0.1, 0.15) is 11.8 Å². The molecule has 34 heavy (non-hydrogen) atoms. The second-order valence-corrected chi connectivity index (χ2v) is 8.57. The molecule has 0 aliphatic heterocycles. The third-order valence-corrected chi connectivity index (χ3v) is 5.81. The van der Waals surface area contributed by atoms with Crippen LogP contribution in [0.25, 0.3) is 0 Å². The van der Waals surface area contributed by atoms with E-state index in [-0.39, 0.29) is 31.5 Å². The van der Waals surface area contributed by atoms with Crippen molar-refractivity contribution < 1.29 is 34.2 Å². The minimum Gasteiger partial charge on any atom is -0.480 e. The monoisotopic (exact) mass is 548 g/mol. The van der Waals surface area contributed by atoms with Gasteiger partial charge in [-0.3, -0.25) is 24.0 Å². The Morgan fingerprint density at radius 2 is 0.941 bits per heavy atom. The summed E-state index contributed by atoms with van der Waals surface area (Å²) in [6, 6.07) is 4.91. The molecule has 0 aliphatic rings. The molecule has 0 bridgehead atoms. The quantitative estimate of drug-likeness (QED) is 0.344. The van der Waals surface area contributed by atoms with E-state index in [1.165, 1.54) is 24.3 Å². The van der Waals surface area contributed by atoms with Crippen LogP contribution in [0.2, 0.25) is 20.1 Å². The van der Waals surface area contributed by atoms with Gasteiger partial charge >= 0.3 is 11.9 Å². The molecule has 0 aromatic heterocycles. The molecule has 13 heteroatoms. The zero-order valence-electron chi connectivity index (χ0n) is 17.4. The number of carbonyl (C=O) groups excluding carboxylic acids is 3.